The van der Waals surface area contributed by atoms with Gasteiger partial charge in [-0.25, -0.2) is 0 Å². The highest BCUT2D eigenvalue weighted by Gasteiger charge is 1.86. The Morgan fingerprint density at radius 1 is 0.103 bits per heavy atom. The normalized spacial score (nSPS) is 8.94. The summed E-state index contributed by atoms with van der Waals surface area (Å²) in [4.78, 5) is 9.82. The van der Waals surface area contributed by atoms with Crippen LogP contribution in [0, 0.1) is 0 Å². The van der Waals surface area contributed by atoms with E-state index in [1.54, 1.807) is 6.92 Å². The lowest BCUT2D eigenvalue weighted by Crippen LogP contribution is -1.95. The lowest BCUT2D eigenvalue weighted by Gasteiger charge is -1.89. The third-order valence-corrected chi connectivity index (χ3v) is 19.5. The Bertz CT molecular complexity index is 722. The van der Waals surface area contributed by atoms with Crippen LogP contribution in [-0.4, -0.2) is 12.6 Å². The van der Waals surface area contributed by atoms with E-state index in [9.17, 15) is 4.79 Å². The van der Waals surface area contributed by atoms with Crippen molar-refractivity contribution in [3.8, 4) is 0 Å². The third kappa shape index (κ3) is 475. The summed E-state index contributed by atoms with van der Waals surface area (Å²) in [7, 11) is 0. The van der Waals surface area contributed by atoms with E-state index in [2.05, 4.69) is 282 Å². The van der Waals surface area contributed by atoms with Gasteiger partial charge in [-0.15, -0.1) is 0 Å². The Labute approximate surface area is 821 Å². The van der Waals surface area contributed by atoms with Crippen molar-refractivity contribution in [3.05, 3.63) is 0 Å². The first-order chi connectivity index (χ1) is 61.1. The van der Waals surface area contributed by atoms with Crippen LogP contribution in [0.4, 0.5) is 0 Å². The Morgan fingerprint density at radius 2 is 0.143 bits per heavy atom. The first-order valence-electron chi connectivity index (χ1n) is 60.2. The van der Waals surface area contributed by atoms with E-state index in [0.717, 1.165) is 0 Å². The van der Waals surface area contributed by atoms with Crippen molar-refractivity contribution < 1.29 is 9.53 Å². The molecule has 0 aliphatic rings. The fourth-order valence-electron chi connectivity index (χ4n) is 10.2. The molecule has 0 bridgehead atoms. The van der Waals surface area contributed by atoms with Gasteiger partial charge in [-0.05, 0) is 6.92 Å². The van der Waals surface area contributed by atoms with Crippen molar-refractivity contribution in [2.75, 3.05) is 6.61 Å². The average Bonchev–Trinajstić information content (AvgIpc) is 1.29. The maximum absolute atomic E-state index is 9.82. The molecule has 0 aromatic carbocycles. The van der Waals surface area contributed by atoms with Crippen LogP contribution in [0.25, 0.3) is 0 Å². The lowest BCUT2D eigenvalue weighted by molar-refractivity contribution is -0.140. The molecule has 126 heavy (non-hydrogen) atoms. The van der Waals surface area contributed by atoms with E-state index in [-0.39, 0.29) is 5.97 Å². The second-order valence-electron chi connectivity index (χ2n) is 35.1. The zero-order chi connectivity index (χ0) is 102. The molecule has 2 nitrogen and oxygen atoms in total. The number of carbonyl (C=O) groups is 1. The molecule has 0 spiro atoms. The summed E-state index contributed by atoms with van der Waals surface area (Å²) in [5.74, 6) is -0.211. The summed E-state index contributed by atoms with van der Waals surface area (Å²) in [6.45, 7) is 92.9. The monoisotopic (exact) mass is 1810 g/mol. The second-order valence-corrected chi connectivity index (χ2v) is 35.1. The number of hydrogen-bond acceptors (Lipinski definition) is 2. The second kappa shape index (κ2) is 266. The van der Waals surface area contributed by atoms with E-state index in [4.69, 9.17) is 0 Å². The Kier molecular flexibility index (Phi) is 376. The molecule has 0 saturated heterocycles. The van der Waals surface area contributed by atoms with Crippen LogP contribution in [0.2, 0.25) is 0 Å². The smallest absolute Gasteiger partial charge is 0.302 e. The minimum atomic E-state index is -0.211. The lowest BCUT2D eigenvalue weighted by atomic mass is 10.2. The van der Waals surface area contributed by atoms with Crippen molar-refractivity contribution >= 4 is 5.97 Å². The molecule has 0 aliphatic heterocycles. The van der Waals surface area contributed by atoms with Crippen molar-refractivity contribution in [1.29, 1.82) is 0 Å². The van der Waals surface area contributed by atoms with Crippen LogP contribution in [0.1, 0.15) is 804 Å². The zero-order valence-corrected chi connectivity index (χ0v) is 101. The van der Waals surface area contributed by atoms with Gasteiger partial charge in [0.15, 0.2) is 0 Å². The molecule has 0 atom stereocenters. The molecule has 0 radical (unpaired) electrons. The van der Waals surface area contributed by atoms with Crippen molar-refractivity contribution in [1.82, 2.24) is 0 Å². The molecule has 0 aromatic heterocycles. The molecule has 0 heterocycles. The van der Waals surface area contributed by atoms with Crippen LogP contribution in [0.5, 0.6) is 0 Å². The van der Waals surface area contributed by atoms with Gasteiger partial charge in [0.1, 0.15) is 0 Å². The number of rotatable bonds is 61. The summed E-state index contributed by atoms with van der Waals surface area (Å²) in [6, 6.07) is 0. The Morgan fingerprint density at radius 3 is 0.151 bits per heavy atom. The number of esters is 1. The molecular formula is C124H288O2. The summed E-state index contributed by atoms with van der Waals surface area (Å²) >= 11 is 0. The van der Waals surface area contributed by atoms with Gasteiger partial charge >= 0.3 is 5.97 Å². The summed E-state index contributed by atoms with van der Waals surface area (Å²) in [5.41, 5.74) is 0. The minimum absolute atomic E-state index is 0.211. The van der Waals surface area contributed by atoms with Gasteiger partial charge in [0, 0.05) is 6.92 Å². The van der Waals surface area contributed by atoms with E-state index in [1.165, 1.54) is 521 Å². The average molecular weight is 1810 g/mol. The molecule has 0 N–H and O–H groups in total. The number of ether oxygens (including phenoxy) is 1. The Hall–Kier alpha value is -0.530. The number of hydrogen-bond donors (Lipinski definition) is 0. The van der Waals surface area contributed by atoms with Gasteiger partial charge in [0.2, 0.25) is 0 Å². The van der Waals surface area contributed by atoms with Crippen LogP contribution in [-0.2, 0) is 9.53 Å². The third-order valence-electron chi connectivity index (χ3n) is 19.5. The van der Waals surface area contributed by atoms with Gasteiger partial charge in [0.05, 0.1) is 6.61 Å². The van der Waals surface area contributed by atoms with Crippen LogP contribution in [0.15, 0.2) is 0 Å². The van der Waals surface area contributed by atoms with Gasteiger partial charge in [0.25, 0.3) is 0 Å². The molecule has 2 heteroatoms. The minimum Gasteiger partial charge on any atom is -0.466 e. The van der Waals surface area contributed by atoms with Gasteiger partial charge in [-0.2, -0.15) is 0 Å². The molecule has 796 valence electrons. The van der Waals surface area contributed by atoms with Gasteiger partial charge < -0.3 is 4.74 Å². The van der Waals surface area contributed by atoms with Crippen molar-refractivity contribution in [2.45, 2.75) is 804 Å². The number of unbranched alkanes of at least 4 members (excludes halogenated alkanes) is 60. The van der Waals surface area contributed by atoms with E-state index < -0.39 is 0 Å². The molecule has 0 saturated carbocycles. The SMILES string of the molecule is CCCCCC.CCCCCC.CCCCCC.CCCCCC.CCCCCC.CCCCCC.CCCCCC.CCCCCC.CCCCCC.CCCCCC.CCCCCC.CCCCCC.CCCCCC.CCCCCC.CCCCCC.CCCCCC.CCCCCC.CCCCCC.CCCCCC.CCCCCC.CCOC(C)=O. The van der Waals surface area contributed by atoms with Crippen LogP contribution in [0.3, 0.4) is 0 Å². The molecule has 0 rings (SSSR count). The van der Waals surface area contributed by atoms with Crippen LogP contribution >= 0.6 is 0 Å². The highest BCUT2D eigenvalue weighted by atomic mass is 16.5. The summed E-state index contributed by atoms with van der Waals surface area (Å²) in [5, 5.41) is 0. The van der Waals surface area contributed by atoms with Gasteiger partial charge in [-0.1, -0.05) is 791 Å². The van der Waals surface area contributed by atoms with Gasteiger partial charge in [-0.3, -0.25) is 4.79 Å². The standard InChI is InChI=1S/20C6H14.C4H8O2/c20*1-3-5-6-4-2;1-3-6-4(2)5/h20*3-6H2,1-2H3;3H2,1-2H3. The highest BCUT2D eigenvalue weighted by molar-refractivity contribution is 5.65. The molecule has 0 aromatic rings. The highest BCUT2D eigenvalue weighted by Crippen LogP contribution is 2.06. The molecule has 0 amide bonds. The first kappa shape index (κ1) is 178. The largest absolute Gasteiger partial charge is 0.466 e. The fraction of sp³-hybridized carbons (Fsp3) is 0.992. The van der Waals surface area contributed by atoms with E-state index in [0.29, 0.717) is 6.61 Å². The predicted octanol–water partition coefficient (Wildman–Crippen LogP) is 52.3. The summed E-state index contributed by atoms with van der Waals surface area (Å²) < 4.78 is 4.40. The summed E-state index contributed by atoms with van der Waals surface area (Å²) in [6.07, 6.45) is 111. The number of carbonyl (C=O) groups excluding carboxylic acids is 1. The predicted molar refractivity (Wildman–Crippen MR) is 619 cm³/mol. The maximum Gasteiger partial charge on any atom is 0.302 e. The zero-order valence-electron chi connectivity index (χ0n) is 101. The van der Waals surface area contributed by atoms with E-state index in [1.807, 2.05) is 0 Å². The Balaban J connectivity index is -0.0000000484. The van der Waals surface area contributed by atoms with E-state index >= 15 is 0 Å². The molecule has 0 unspecified atom stereocenters. The molecular weight excluding hydrogens is 1520 g/mol. The maximum atomic E-state index is 9.82. The fourth-order valence-corrected chi connectivity index (χ4v) is 10.2. The van der Waals surface area contributed by atoms with Crippen molar-refractivity contribution in [3.63, 3.8) is 0 Å². The van der Waals surface area contributed by atoms with Crippen LogP contribution < -0.4 is 0 Å². The van der Waals surface area contributed by atoms with Crippen molar-refractivity contribution in [2.24, 2.45) is 0 Å². The quantitative estimate of drug-likeness (QED) is 0.0448. The molecule has 0 fully saturated rings. The first-order valence-corrected chi connectivity index (χ1v) is 60.2. The topological polar surface area (TPSA) is 26.3 Å². The molecule has 0 aliphatic carbocycles.